The van der Waals surface area contributed by atoms with Crippen molar-refractivity contribution >= 4 is 23.1 Å². The maximum atomic E-state index is 11.4. The Bertz CT molecular complexity index is 815. The molecule has 0 N–H and O–H groups in total. The summed E-state index contributed by atoms with van der Waals surface area (Å²) in [6.45, 7) is 7.64. The van der Waals surface area contributed by atoms with Crippen LogP contribution in [0.5, 0.6) is 0 Å². The van der Waals surface area contributed by atoms with Gasteiger partial charge in [0.15, 0.2) is 11.6 Å². The molecule has 0 unspecified atom stereocenters. The summed E-state index contributed by atoms with van der Waals surface area (Å²) in [4.78, 5) is 23.1. The van der Waals surface area contributed by atoms with Crippen molar-refractivity contribution in [3.05, 3.63) is 65.2 Å². The molecule has 2 aromatic rings. The molecular weight excluding hydrogens is 298 g/mol. The van der Waals surface area contributed by atoms with E-state index < -0.39 is 0 Å². The summed E-state index contributed by atoms with van der Waals surface area (Å²) in [5.74, 6) is 1.76. The fraction of sp³-hybridized carbons (Fsp3) is 0.250. The van der Waals surface area contributed by atoms with Crippen LogP contribution in [-0.4, -0.2) is 35.4 Å². The highest BCUT2D eigenvalue weighted by Gasteiger charge is 2.24. The Hall–Kier alpha value is -2.75. The second-order valence-electron chi connectivity index (χ2n) is 5.69. The van der Waals surface area contributed by atoms with Gasteiger partial charge in [0.1, 0.15) is 5.84 Å². The Morgan fingerprint density at radius 3 is 2.21 bits per heavy atom. The van der Waals surface area contributed by atoms with Crippen LogP contribution in [0.2, 0.25) is 0 Å². The Balaban J connectivity index is 2.02. The number of carbonyl (C=O) groups is 1. The fourth-order valence-corrected chi connectivity index (χ4v) is 2.84. The number of fused-ring (bicyclic) bond motifs is 1. The number of nitrogens with zero attached hydrogens (tertiary/aromatic N) is 3. The summed E-state index contributed by atoms with van der Waals surface area (Å²) < 4.78 is 0. The molecule has 0 fully saturated rings. The molecular formula is C20H21N3O. The van der Waals surface area contributed by atoms with Gasteiger partial charge in [0, 0.05) is 29.8 Å². The molecule has 0 saturated heterocycles. The lowest BCUT2D eigenvalue weighted by atomic mass is 10.1. The molecule has 0 spiro atoms. The topological polar surface area (TPSA) is 45.0 Å². The number of amidine groups is 2. The lowest BCUT2D eigenvalue weighted by Crippen LogP contribution is -2.30. The van der Waals surface area contributed by atoms with Crippen LogP contribution in [-0.2, 0) is 0 Å². The van der Waals surface area contributed by atoms with Gasteiger partial charge in [-0.2, -0.15) is 0 Å². The van der Waals surface area contributed by atoms with E-state index in [4.69, 9.17) is 9.98 Å². The molecule has 0 radical (unpaired) electrons. The molecule has 1 heterocycles. The number of hydrogen-bond donors (Lipinski definition) is 0. The van der Waals surface area contributed by atoms with E-state index in [-0.39, 0.29) is 5.78 Å². The van der Waals surface area contributed by atoms with Gasteiger partial charge in [0.2, 0.25) is 0 Å². The van der Waals surface area contributed by atoms with E-state index in [1.165, 1.54) is 0 Å². The molecule has 4 heteroatoms. The molecule has 0 amide bonds. The molecule has 1 aliphatic rings. The number of rotatable bonds is 4. The lowest BCUT2D eigenvalue weighted by molar-refractivity contribution is 0.101. The third-order valence-corrected chi connectivity index (χ3v) is 4.19. The summed E-state index contributed by atoms with van der Waals surface area (Å²) in [7, 11) is 0. The van der Waals surface area contributed by atoms with Crippen LogP contribution < -0.4 is 0 Å². The van der Waals surface area contributed by atoms with Crippen molar-refractivity contribution in [3.8, 4) is 0 Å². The van der Waals surface area contributed by atoms with Gasteiger partial charge in [-0.15, -0.1) is 0 Å². The minimum Gasteiger partial charge on any atom is -0.357 e. The third kappa shape index (κ3) is 3.00. The number of aliphatic imine (C=N–C) groups is 2. The summed E-state index contributed by atoms with van der Waals surface area (Å²) in [5, 5.41) is 0. The fourth-order valence-electron chi connectivity index (χ4n) is 2.84. The number of ketones is 1. The van der Waals surface area contributed by atoms with Crippen LogP contribution in [0.1, 0.15) is 42.3 Å². The summed E-state index contributed by atoms with van der Waals surface area (Å²) in [6, 6.07) is 15.5. The van der Waals surface area contributed by atoms with Crippen LogP contribution >= 0.6 is 0 Å². The first-order valence-electron chi connectivity index (χ1n) is 8.27. The minimum atomic E-state index is 0.0576. The normalized spacial score (nSPS) is 14.5. The molecule has 3 rings (SSSR count). The van der Waals surface area contributed by atoms with Crippen molar-refractivity contribution in [1.82, 2.24) is 4.90 Å². The first-order valence-corrected chi connectivity index (χ1v) is 8.27. The zero-order chi connectivity index (χ0) is 17.1. The highest BCUT2D eigenvalue weighted by atomic mass is 16.1. The van der Waals surface area contributed by atoms with E-state index in [1.807, 2.05) is 24.3 Å². The Morgan fingerprint density at radius 2 is 1.62 bits per heavy atom. The van der Waals surface area contributed by atoms with Gasteiger partial charge >= 0.3 is 0 Å². The number of carbonyl (C=O) groups excluding carboxylic acids is 1. The van der Waals surface area contributed by atoms with Crippen LogP contribution in [0.3, 0.4) is 0 Å². The minimum absolute atomic E-state index is 0.0576. The molecule has 2 aromatic carbocycles. The van der Waals surface area contributed by atoms with Crippen molar-refractivity contribution < 1.29 is 4.79 Å². The smallest absolute Gasteiger partial charge is 0.162 e. The standard InChI is InChI=1S/C20H21N3O/c1-4-23(5-2)20-18-9-7-6-8-17(18)19(22-20)21-16-12-10-15(11-13-16)14(3)24/h6-13H,4-5H2,1-3H3. The molecule has 0 aliphatic carbocycles. The lowest BCUT2D eigenvalue weighted by Gasteiger charge is -2.20. The van der Waals surface area contributed by atoms with E-state index in [2.05, 4.69) is 30.9 Å². The summed E-state index contributed by atoms with van der Waals surface area (Å²) in [6.07, 6.45) is 0. The van der Waals surface area contributed by atoms with Gasteiger partial charge in [-0.3, -0.25) is 4.79 Å². The van der Waals surface area contributed by atoms with Gasteiger partial charge in [0.25, 0.3) is 0 Å². The van der Waals surface area contributed by atoms with E-state index >= 15 is 0 Å². The second-order valence-corrected chi connectivity index (χ2v) is 5.69. The number of hydrogen-bond acceptors (Lipinski definition) is 3. The molecule has 0 aromatic heterocycles. The highest BCUT2D eigenvalue weighted by molar-refractivity contribution is 6.22. The van der Waals surface area contributed by atoms with Gasteiger partial charge in [0.05, 0.1) is 5.69 Å². The number of benzene rings is 2. The maximum Gasteiger partial charge on any atom is 0.162 e. The monoisotopic (exact) mass is 319 g/mol. The molecule has 0 atom stereocenters. The van der Waals surface area contributed by atoms with E-state index in [9.17, 15) is 4.79 Å². The van der Waals surface area contributed by atoms with Crippen LogP contribution in [0, 0.1) is 0 Å². The molecule has 0 bridgehead atoms. The van der Waals surface area contributed by atoms with Gasteiger partial charge in [-0.05, 0) is 45.0 Å². The highest BCUT2D eigenvalue weighted by Crippen LogP contribution is 2.24. The first-order chi connectivity index (χ1) is 11.6. The third-order valence-electron chi connectivity index (χ3n) is 4.19. The van der Waals surface area contributed by atoms with Crippen molar-refractivity contribution in [2.24, 2.45) is 9.98 Å². The predicted molar refractivity (Wildman–Crippen MR) is 98.5 cm³/mol. The molecule has 1 aliphatic heterocycles. The average Bonchev–Trinajstić information content (AvgIpc) is 2.95. The zero-order valence-corrected chi connectivity index (χ0v) is 14.3. The van der Waals surface area contributed by atoms with Crippen LogP contribution in [0.25, 0.3) is 0 Å². The van der Waals surface area contributed by atoms with E-state index in [0.29, 0.717) is 5.56 Å². The second kappa shape index (κ2) is 6.79. The quantitative estimate of drug-likeness (QED) is 0.797. The zero-order valence-electron chi connectivity index (χ0n) is 14.3. The van der Waals surface area contributed by atoms with E-state index in [0.717, 1.165) is 41.6 Å². The molecule has 24 heavy (non-hydrogen) atoms. The van der Waals surface area contributed by atoms with Gasteiger partial charge in [-0.1, -0.05) is 24.3 Å². The van der Waals surface area contributed by atoms with Crippen LogP contribution in [0.4, 0.5) is 5.69 Å². The van der Waals surface area contributed by atoms with Gasteiger partial charge < -0.3 is 4.90 Å². The molecule has 122 valence electrons. The Kier molecular flexibility index (Phi) is 4.56. The average molecular weight is 319 g/mol. The van der Waals surface area contributed by atoms with Gasteiger partial charge in [-0.25, -0.2) is 9.98 Å². The summed E-state index contributed by atoms with van der Waals surface area (Å²) in [5.41, 5.74) is 3.67. The van der Waals surface area contributed by atoms with Crippen molar-refractivity contribution in [3.63, 3.8) is 0 Å². The number of Topliss-reactive ketones (excluding diaryl/α,β-unsaturated/α-hetero) is 1. The van der Waals surface area contributed by atoms with Crippen molar-refractivity contribution in [2.45, 2.75) is 20.8 Å². The predicted octanol–water partition coefficient (Wildman–Crippen LogP) is 4.07. The van der Waals surface area contributed by atoms with E-state index in [1.54, 1.807) is 19.1 Å². The Labute approximate surface area is 142 Å². The molecule has 0 saturated carbocycles. The largest absolute Gasteiger partial charge is 0.357 e. The summed E-state index contributed by atoms with van der Waals surface area (Å²) >= 11 is 0. The van der Waals surface area contributed by atoms with Crippen molar-refractivity contribution in [1.29, 1.82) is 0 Å². The maximum absolute atomic E-state index is 11.4. The first kappa shape index (κ1) is 16.1. The van der Waals surface area contributed by atoms with Crippen LogP contribution in [0.15, 0.2) is 58.5 Å². The molecule has 4 nitrogen and oxygen atoms in total. The Morgan fingerprint density at radius 1 is 1.00 bits per heavy atom. The SMILES string of the molecule is CCN(CC)C1=NC(=Nc2ccc(C(C)=O)cc2)c2ccccc21. The van der Waals surface area contributed by atoms with Crippen molar-refractivity contribution in [2.75, 3.05) is 13.1 Å².